The van der Waals surface area contributed by atoms with Crippen molar-refractivity contribution in [2.24, 2.45) is 5.73 Å². The Bertz CT molecular complexity index is 427. The lowest BCUT2D eigenvalue weighted by Gasteiger charge is -2.03. The first kappa shape index (κ1) is 11.6. The predicted molar refractivity (Wildman–Crippen MR) is 67.5 cm³/mol. The van der Waals surface area contributed by atoms with Crippen LogP contribution in [0.5, 0.6) is 0 Å². The fraction of sp³-hybridized carbons (Fsp3) is 0.400. The van der Waals surface area contributed by atoms with Gasteiger partial charge >= 0.3 is 0 Å². The summed E-state index contributed by atoms with van der Waals surface area (Å²) >= 11 is 3.37. The van der Waals surface area contributed by atoms with Crippen LogP contribution in [0.15, 0.2) is 21.3 Å². The highest BCUT2D eigenvalue weighted by Gasteiger charge is 2.15. The van der Waals surface area contributed by atoms with Gasteiger partial charge in [0.15, 0.2) is 0 Å². The van der Waals surface area contributed by atoms with Gasteiger partial charge in [0.25, 0.3) is 0 Å². The van der Waals surface area contributed by atoms with Crippen molar-refractivity contribution < 1.29 is 4.52 Å². The molecule has 1 atom stereocenters. The van der Waals surface area contributed by atoms with Crippen LogP contribution in [-0.2, 0) is 0 Å². The first-order valence-corrected chi connectivity index (χ1v) is 7.25. The van der Waals surface area contributed by atoms with E-state index in [-0.39, 0.29) is 6.04 Å². The summed E-state index contributed by atoms with van der Waals surface area (Å²) in [6.45, 7) is 0. The molecule has 2 heterocycles. The van der Waals surface area contributed by atoms with E-state index in [2.05, 4.69) is 16.4 Å². The summed E-state index contributed by atoms with van der Waals surface area (Å²) in [6, 6.07) is 1.81. The summed E-state index contributed by atoms with van der Waals surface area (Å²) in [5.41, 5.74) is 6.92. The Hall–Kier alpha value is -0.850. The van der Waals surface area contributed by atoms with Gasteiger partial charge < -0.3 is 10.3 Å². The molecule has 0 aliphatic heterocycles. The molecule has 2 aromatic heterocycles. The molecule has 86 valence electrons. The third-order valence-corrected chi connectivity index (χ3v) is 3.50. The van der Waals surface area contributed by atoms with Crippen LogP contribution in [-0.4, -0.2) is 22.1 Å². The number of nitrogens with zero attached hydrogens (tertiary/aromatic N) is 2. The van der Waals surface area contributed by atoms with Crippen LogP contribution in [0.3, 0.4) is 0 Å². The van der Waals surface area contributed by atoms with Gasteiger partial charge in [-0.15, -0.1) is 0 Å². The fourth-order valence-electron chi connectivity index (χ4n) is 1.26. The van der Waals surface area contributed by atoms with E-state index in [4.69, 9.17) is 10.3 Å². The van der Waals surface area contributed by atoms with Crippen LogP contribution < -0.4 is 5.73 Å². The molecule has 0 saturated carbocycles. The second kappa shape index (κ2) is 5.47. The zero-order valence-corrected chi connectivity index (χ0v) is 10.6. The van der Waals surface area contributed by atoms with E-state index in [1.807, 2.05) is 16.8 Å². The maximum absolute atomic E-state index is 5.94. The van der Waals surface area contributed by atoms with Crippen molar-refractivity contribution in [2.75, 3.05) is 12.0 Å². The van der Waals surface area contributed by atoms with Crippen molar-refractivity contribution >= 4 is 23.1 Å². The minimum atomic E-state index is -0.160. The molecule has 2 rings (SSSR count). The Kier molecular flexibility index (Phi) is 3.98. The molecule has 0 saturated heterocycles. The summed E-state index contributed by atoms with van der Waals surface area (Å²) in [7, 11) is 0. The third kappa shape index (κ3) is 2.63. The summed E-state index contributed by atoms with van der Waals surface area (Å²) in [5, 5.41) is 7.89. The van der Waals surface area contributed by atoms with Crippen LogP contribution in [0, 0.1) is 0 Å². The molecule has 0 aliphatic carbocycles. The number of thioether (sulfide) groups is 1. The Balaban J connectivity index is 2.07. The Morgan fingerprint density at radius 1 is 1.62 bits per heavy atom. The summed E-state index contributed by atoms with van der Waals surface area (Å²) < 4.78 is 5.16. The molecule has 16 heavy (non-hydrogen) atoms. The van der Waals surface area contributed by atoms with Crippen LogP contribution in [0.1, 0.15) is 18.4 Å². The summed E-state index contributed by atoms with van der Waals surface area (Å²) in [6.07, 6.45) is 2.91. The lowest BCUT2D eigenvalue weighted by atomic mass is 10.2. The molecule has 0 aromatic carbocycles. The van der Waals surface area contributed by atoms with Crippen molar-refractivity contribution in [1.29, 1.82) is 0 Å². The van der Waals surface area contributed by atoms with Crippen molar-refractivity contribution in [3.05, 3.63) is 22.7 Å². The highest BCUT2D eigenvalue weighted by Crippen LogP contribution is 2.21. The molecule has 2 N–H and O–H groups in total. The standard InChI is InChI=1S/C10H13N3OS2/c1-15-4-3-8(11)10-12-9(13-14-10)7-2-5-16-6-7/h2,5-6,8H,3-4,11H2,1H3/t8-/m0/s1. The molecular formula is C10H13N3OS2. The van der Waals surface area contributed by atoms with Gasteiger partial charge in [0.05, 0.1) is 6.04 Å². The van der Waals surface area contributed by atoms with Crippen molar-refractivity contribution in [3.8, 4) is 11.4 Å². The van der Waals surface area contributed by atoms with E-state index in [0.29, 0.717) is 11.7 Å². The normalized spacial score (nSPS) is 12.9. The smallest absolute Gasteiger partial charge is 0.243 e. The number of hydrogen-bond donors (Lipinski definition) is 1. The fourth-order valence-corrected chi connectivity index (χ4v) is 2.39. The molecule has 0 aliphatic rings. The monoisotopic (exact) mass is 255 g/mol. The molecule has 4 nitrogen and oxygen atoms in total. The van der Waals surface area contributed by atoms with Gasteiger partial charge in [0.2, 0.25) is 11.7 Å². The largest absolute Gasteiger partial charge is 0.337 e. The minimum Gasteiger partial charge on any atom is -0.337 e. The van der Waals surface area contributed by atoms with Gasteiger partial charge in [-0.1, -0.05) is 5.16 Å². The predicted octanol–water partition coefficient (Wildman–Crippen LogP) is 2.55. The van der Waals surface area contributed by atoms with E-state index in [1.165, 1.54) is 0 Å². The van der Waals surface area contributed by atoms with Crippen molar-refractivity contribution in [3.63, 3.8) is 0 Å². The number of aromatic nitrogens is 2. The quantitative estimate of drug-likeness (QED) is 0.889. The number of rotatable bonds is 5. The highest BCUT2D eigenvalue weighted by molar-refractivity contribution is 7.98. The highest BCUT2D eigenvalue weighted by atomic mass is 32.2. The second-order valence-electron chi connectivity index (χ2n) is 3.36. The Labute approximate surface area is 102 Å². The molecule has 0 bridgehead atoms. The zero-order valence-electron chi connectivity index (χ0n) is 8.92. The summed E-state index contributed by atoms with van der Waals surface area (Å²) in [5.74, 6) is 2.14. The summed E-state index contributed by atoms with van der Waals surface area (Å²) in [4.78, 5) is 4.30. The first-order valence-electron chi connectivity index (χ1n) is 4.92. The van der Waals surface area contributed by atoms with Gasteiger partial charge in [-0.3, -0.25) is 0 Å². The lowest BCUT2D eigenvalue weighted by Crippen LogP contribution is -2.11. The van der Waals surface area contributed by atoms with Crippen LogP contribution >= 0.6 is 23.1 Å². The van der Waals surface area contributed by atoms with Crippen LogP contribution in [0.2, 0.25) is 0 Å². The lowest BCUT2D eigenvalue weighted by molar-refractivity contribution is 0.353. The van der Waals surface area contributed by atoms with Gasteiger partial charge in [-0.05, 0) is 29.9 Å². The molecule has 2 aromatic rings. The topological polar surface area (TPSA) is 64.9 Å². The van der Waals surface area contributed by atoms with Gasteiger partial charge in [-0.2, -0.15) is 28.1 Å². The van der Waals surface area contributed by atoms with Gasteiger partial charge in [0.1, 0.15) is 0 Å². The van der Waals surface area contributed by atoms with Crippen molar-refractivity contribution in [2.45, 2.75) is 12.5 Å². The SMILES string of the molecule is CSCC[C@H](N)c1nc(-c2ccsc2)no1. The van der Waals surface area contributed by atoms with Crippen LogP contribution in [0.4, 0.5) is 0 Å². The molecule has 6 heteroatoms. The number of hydrogen-bond acceptors (Lipinski definition) is 6. The second-order valence-corrected chi connectivity index (χ2v) is 5.12. The minimum absolute atomic E-state index is 0.160. The average Bonchev–Trinajstić information content (AvgIpc) is 2.94. The molecule has 0 radical (unpaired) electrons. The van der Waals surface area contributed by atoms with E-state index in [1.54, 1.807) is 23.1 Å². The third-order valence-electron chi connectivity index (χ3n) is 2.17. The zero-order chi connectivity index (χ0) is 11.4. The molecule has 0 fully saturated rings. The van der Waals surface area contributed by atoms with E-state index in [0.717, 1.165) is 17.7 Å². The Morgan fingerprint density at radius 2 is 2.50 bits per heavy atom. The van der Waals surface area contributed by atoms with E-state index < -0.39 is 0 Å². The number of nitrogens with two attached hydrogens (primary N) is 1. The molecule has 0 spiro atoms. The van der Waals surface area contributed by atoms with Crippen LogP contribution in [0.25, 0.3) is 11.4 Å². The Morgan fingerprint density at radius 3 is 3.19 bits per heavy atom. The molecular weight excluding hydrogens is 242 g/mol. The maximum atomic E-state index is 5.94. The van der Waals surface area contributed by atoms with E-state index >= 15 is 0 Å². The van der Waals surface area contributed by atoms with Gasteiger partial charge in [-0.25, -0.2) is 0 Å². The van der Waals surface area contributed by atoms with Crippen molar-refractivity contribution in [1.82, 2.24) is 10.1 Å². The van der Waals surface area contributed by atoms with Gasteiger partial charge in [0, 0.05) is 10.9 Å². The van der Waals surface area contributed by atoms with E-state index in [9.17, 15) is 0 Å². The molecule has 0 unspecified atom stereocenters. The number of thiophene rings is 1. The maximum Gasteiger partial charge on any atom is 0.243 e. The average molecular weight is 255 g/mol. The first-order chi connectivity index (χ1) is 7.81. The molecule has 0 amide bonds.